The van der Waals surface area contributed by atoms with E-state index in [-0.39, 0.29) is 12.1 Å². The van der Waals surface area contributed by atoms with Crippen LogP contribution in [0.2, 0.25) is 0 Å². The molecule has 6 N–H and O–H groups in total. The first-order valence-corrected chi connectivity index (χ1v) is 8.22. The van der Waals surface area contributed by atoms with Crippen molar-refractivity contribution in [3.05, 3.63) is 0 Å². The van der Waals surface area contributed by atoms with Gasteiger partial charge in [0.15, 0.2) is 0 Å². The Bertz CT molecular complexity index is 332. The van der Waals surface area contributed by atoms with Gasteiger partial charge < -0.3 is 0 Å². The summed E-state index contributed by atoms with van der Waals surface area (Å²) >= 11 is 0. The smallest absolute Gasteiger partial charge is 0.289 e. The molecule has 0 radical (unpaired) electrons. The molecule has 0 spiro atoms. The number of carbonyl (C=O) groups excluding carboxylic acids is 1. The lowest BCUT2D eigenvalue weighted by Crippen LogP contribution is -2.35. The van der Waals surface area contributed by atoms with Crippen molar-refractivity contribution in [1.82, 2.24) is 0 Å². The summed E-state index contributed by atoms with van der Waals surface area (Å²) in [5, 5.41) is 0. The highest BCUT2D eigenvalue weighted by Gasteiger charge is 2.63. The maximum Gasteiger partial charge on any atom is 0.483 e. The summed E-state index contributed by atoms with van der Waals surface area (Å²) < 4.78 is 0. The molecular formula is C7H15NO7P2+2. The highest BCUT2D eigenvalue weighted by Crippen LogP contribution is 2.59. The minimum absolute atomic E-state index is 0.0105. The summed E-state index contributed by atoms with van der Waals surface area (Å²) in [5.74, 6) is 0. The van der Waals surface area contributed by atoms with Gasteiger partial charge in [-0.1, -0.05) is 0 Å². The molecule has 0 aromatic carbocycles. The average Bonchev–Trinajstić information content (AvgIpc) is 2.15. The number of aliphatic imine (C=N–C) groups is 1. The Morgan fingerprint density at radius 1 is 1.12 bits per heavy atom. The fourth-order valence-electron chi connectivity index (χ4n) is 1.60. The molecule has 8 nitrogen and oxygen atoms in total. The van der Waals surface area contributed by atoms with Gasteiger partial charge in [-0.2, -0.15) is 29.4 Å². The fraction of sp³-hybridized carbons (Fsp3) is 0.714. The van der Waals surface area contributed by atoms with E-state index in [1.54, 1.807) is 0 Å². The van der Waals surface area contributed by atoms with Crippen LogP contribution in [0, 0.1) is 0 Å². The van der Waals surface area contributed by atoms with Crippen LogP contribution in [0.1, 0.15) is 19.3 Å². The third kappa shape index (κ3) is 3.98. The fourth-order valence-corrected chi connectivity index (χ4v) is 3.91. The highest BCUT2D eigenvalue weighted by molar-refractivity contribution is 7.79. The summed E-state index contributed by atoms with van der Waals surface area (Å²) in [6.07, 6.45) is 1.63. The van der Waals surface area contributed by atoms with Crippen LogP contribution in [0.15, 0.2) is 4.99 Å². The van der Waals surface area contributed by atoms with E-state index in [2.05, 4.69) is 4.99 Å². The number of hydrogen-bond acceptors (Lipinski definition) is 8. The van der Waals surface area contributed by atoms with Crippen LogP contribution >= 0.6 is 15.9 Å². The molecule has 1 heterocycles. The third-order valence-electron chi connectivity index (χ3n) is 2.35. The van der Waals surface area contributed by atoms with Crippen LogP contribution in [0.25, 0.3) is 0 Å². The van der Waals surface area contributed by atoms with Gasteiger partial charge in [0.25, 0.3) is 5.66 Å². The molecule has 10 heteroatoms. The van der Waals surface area contributed by atoms with Crippen LogP contribution in [0.4, 0.5) is 0 Å². The molecule has 1 aliphatic heterocycles. The Kier molecular flexibility index (Phi) is 4.68. The summed E-state index contributed by atoms with van der Waals surface area (Å²) in [7, 11) is -9.58. The molecule has 1 rings (SSSR count). The van der Waals surface area contributed by atoms with Gasteiger partial charge in [-0.05, 0) is 19.3 Å². The Morgan fingerprint density at radius 2 is 1.71 bits per heavy atom. The molecule has 1 unspecified atom stereocenters. The Hall–Kier alpha value is -0.0400. The van der Waals surface area contributed by atoms with Gasteiger partial charge in [0.1, 0.15) is 0 Å². The zero-order valence-corrected chi connectivity index (χ0v) is 10.6. The normalized spacial score (nSPS) is 19.8. The number of carbonyl (C=O) groups is 1. The molecule has 1 aliphatic rings. The van der Waals surface area contributed by atoms with E-state index in [0.717, 1.165) is 6.42 Å². The van der Waals surface area contributed by atoms with Gasteiger partial charge in [0, 0.05) is 6.54 Å². The van der Waals surface area contributed by atoms with E-state index >= 15 is 0 Å². The van der Waals surface area contributed by atoms with Gasteiger partial charge in [0.2, 0.25) is 0 Å². The molecule has 0 bridgehead atoms. The SMILES string of the molecule is O=C(C(C1=NCCCC1)[P+](O)(O)O)[P+](O)(O)O. The second-order valence-corrected chi connectivity index (χ2v) is 7.08. The first kappa shape index (κ1) is 15.0. The van der Waals surface area contributed by atoms with Crippen molar-refractivity contribution in [2.24, 2.45) is 4.99 Å². The minimum atomic E-state index is -4.90. The second kappa shape index (κ2) is 5.30. The summed E-state index contributed by atoms with van der Waals surface area (Å²) in [5.41, 5.74) is -3.53. The lowest BCUT2D eigenvalue weighted by atomic mass is 10.1. The van der Waals surface area contributed by atoms with Gasteiger partial charge in [-0.15, -0.1) is 0 Å². The van der Waals surface area contributed by atoms with Crippen LogP contribution < -0.4 is 0 Å². The molecule has 0 fully saturated rings. The van der Waals surface area contributed by atoms with Crippen molar-refractivity contribution in [1.29, 1.82) is 0 Å². The largest absolute Gasteiger partial charge is 0.483 e. The van der Waals surface area contributed by atoms with Crippen LogP contribution in [0.3, 0.4) is 0 Å². The Balaban J connectivity index is 3.05. The molecular weight excluding hydrogens is 272 g/mol. The highest BCUT2D eigenvalue weighted by atomic mass is 31.2. The van der Waals surface area contributed by atoms with Crippen molar-refractivity contribution >= 4 is 27.1 Å². The summed E-state index contributed by atoms with van der Waals surface area (Å²) in [6, 6.07) is 0. The molecule has 0 aromatic rings. The van der Waals surface area contributed by atoms with E-state index in [9.17, 15) is 4.79 Å². The summed E-state index contributed by atoms with van der Waals surface area (Å²) in [4.78, 5) is 69.4. The second-order valence-electron chi connectivity index (χ2n) is 3.75. The minimum Gasteiger partial charge on any atom is -0.289 e. The lowest BCUT2D eigenvalue weighted by Gasteiger charge is -2.19. The van der Waals surface area contributed by atoms with Gasteiger partial charge in [0.05, 0.1) is 5.71 Å². The molecule has 0 aliphatic carbocycles. The predicted molar refractivity (Wildman–Crippen MR) is 62.1 cm³/mol. The van der Waals surface area contributed by atoms with Crippen LogP contribution in [-0.2, 0) is 4.79 Å². The predicted octanol–water partition coefficient (Wildman–Crippen LogP) is -1.01. The Labute approximate surface area is 98.4 Å². The van der Waals surface area contributed by atoms with Crippen molar-refractivity contribution in [2.45, 2.75) is 24.9 Å². The van der Waals surface area contributed by atoms with Crippen molar-refractivity contribution < 1.29 is 34.2 Å². The molecule has 17 heavy (non-hydrogen) atoms. The molecule has 98 valence electrons. The van der Waals surface area contributed by atoms with E-state index in [1.165, 1.54) is 0 Å². The van der Waals surface area contributed by atoms with Crippen LogP contribution in [-0.4, -0.2) is 52.8 Å². The lowest BCUT2D eigenvalue weighted by molar-refractivity contribution is -0.113. The van der Waals surface area contributed by atoms with E-state index in [1.807, 2.05) is 0 Å². The van der Waals surface area contributed by atoms with Crippen LogP contribution in [0.5, 0.6) is 0 Å². The quantitative estimate of drug-likeness (QED) is 0.362. The third-order valence-corrected chi connectivity index (χ3v) is 4.63. The topological polar surface area (TPSA) is 151 Å². The maximum atomic E-state index is 11.5. The van der Waals surface area contributed by atoms with Crippen molar-refractivity contribution in [2.75, 3.05) is 6.54 Å². The number of hydrogen-bond donors (Lipinski definition) is 6. The first-order valence-electron chi connectivity index (χ1n) is 4.86. The summed E-state index contributed by atoms with van der Waals surface area (Å²) in [6.45, 7) is 0.354. The van der Waals surface area contributed by atoms with Gasteiger partial charge >= 0.3 is 21.4 Å². The molecule has 0 saturated carbocycles. The molecule has 0 aromatic heterocycles. The number of rotatable bonds is 4. The van der Waals surface area contributed by atoms with Gasteiger partial charge in [-0.3, -0.25) is 4.99 Å². The average molecular weight is 287 g/mol. The van der Waals surface area contributed by atoms with Gasteiger partial charge in [-0.25, -0.2) is 4.79 Å². The van der Waals surface area contributed by atoms with E-state index in [4.69, 9.17) is 29.4 Å². The Morgan fingerprint density at radius 3 is 2.06 bits per heavy atom. The molecule has 0 saturated heterocycles. The van der Waals surface area contributed by atoms with Crippen molar-refractivity contribution in [3.63, 3.8) is 0 Å². The first-order chi connectivity index (χ1) is 7.64. The zero-order valence-electron chi connectivity index (χ0n) is 8.84. The van der Waals surface area contributed by atoms with Crippen molar-refractivity contribution in [3.8, 4) is 0 Å². The number of nitrogens with zero attached hydrogens (tertiary/aromatic N) is 1. The van der Waals surface area contributed by atoms with E-state index in [0.29, 0.717) is 13.0 Å². The van der Waals surface area contributed by atoms with E-state index < -0.39 is 27.1 Å². The molecule has 0 amide bonds. The monoisotopic (exact) mass is 287 g/mol. The standard InChI is InChI=1S/C7H15NO7P2/c9-7(17(13,14)15)6(16(10,11)12)5-3-1-2-4-8-5/h6,10-15H,1-4H2/q+2. The zero-order chi connectivity index (χ0) is 13.3. The maximum absolute atomic E-state index is 11.5. The molecule has 1 atom stereocenters.